The Balaban J connectivity index is 1.61. The van der Waals surface area contributed by atoms with Crippen molar-refractivity contribution in [2.75, 3.05) is 10.6 Å². The highest BCUT2D eigenvalue weighted by Crippen LogP contribution is 2.28. The summed E-state index contributed by atoms with van der Waals surface area (Å²) in [7, 11) is 0. The lowest BCUT2D eigenvalue weighted by atomic mass is 10.1. The maximum absolute atomic E-state index is 13.5. The van der Waals surface area contributed by atoms with E-state index in [9.17, 15) is 18.4 Å². The largest absolute Gasteiger partial charge is 0.340 e. The van der Waals surface area contributed by atoms with Crippen LogP contribution in [0.1, 0.15) is 10.9 Å². The number of nitrogens with zero attached hydrogens (tertiary/aromatic N) is 2. The van der Waals surface area contributed by atoms with Crippen LogP contribution >= 0.6 is 34.5 Å². The number of carbonyl (C=O) groups is 2. The van der Waals surface area contributed by atoms with E-state index in [1.165, 1.54) is 35.9 Å². The molecule has 0 saturated heterocycles. The predicted octanol–water partition coefficient (Wildman–Crippen LogP) is 5.56. The van der Waals surface area contributed by atoms with Gasteiger partial charge in [-0.05, 0) is 47.8 Å². The third-order valence-corrected chi connectivity index (χ3v) is 6.08. The van der Waals surface area contributed by atoms with Crippen molar-refractivity contribution in [2.24, 2.45) is 0 Å². The molecule has 2 atom stereocenters. The summed E-state index contributed by atoms with van der Waals surface area (Å²) in [6, 6.07) is 11.3. The van der Waals surface area contributed by atoms with Crippen LogP contribution in [0.15, 0.2) is 60.2 Å². The average molecular weight is 522 g/mol. The molecule has 0 aliphatic heterocycles. The van der Waals surface area contributed by atoms with E-state index in [1.54, 1.807) is 35.7 Å². The van der Waals surface area contributed by atoms with Gasteiger partial charge in [-0.3, -0.25) is 9.59 Å². The van der Waals surface area contributed by atoms with Gasteiger partial charge < -0.3 is 16.0 Å². The van der Waals surface area contributed by atoms with Crippen LogP contribution in [-0.4, -0.2) is 27.4 Å². The smallest absolute Gasteiger partial charge is 0.271 e. The molecule has 2 heterocycles. The van der Waals surface area contributed by atoms with Crippen LogP contribution in [0.5, 0.6) is 0 Å². The summed E-state index contributed by atoms with van der Waals surface area (Å²) in [6.07, 6.45) is 1.36. The van der Waals surface area contributed by atoms with E-state index < -0.39 is 29.3 Å². The topological polar surface area (TPSA) is 96.0 Å². The number of amides is 2. The Bertz CT molecular complexity index is 1350. The number of hydrogen-bond acceptors (Lipinski definition) is 6. The number of hydrogen-bond donors (Lipinski definition) is 3. The van der Waals surface area contributed by atoms with Crippen molar-refractivity contribution < 1.29 is 18.4 Å². The first-order valence-electron chi connectivity index (χ1n) is 9.71. The maximum atomic E-state index is 13.5. The number of carbonyl (C=O) groups excluding carboxylic acids is 2. The zero-order valence-corrected chi connectivity index (χ0v) is 19.4. The van der Waals surface area contributed by atoms with Gasteiger partial charge in [-0.1, -0.05) is 29.3 Å². The monoisotopic (exact) mass is 521 g/mol. The third kappa shape index (κ3) is 5.41. The first-order chi connectivity index (χ1) is 16.3. The van der Waals surface area contributed by atoms with Crippen molar-refractivity contribution in [2.45, 2.75) is 11.7 Å². The number of anilines is 3. The molecule has 12 heteroatoms. The molecule has 7 nitrogen and oxygen atoms in total. The van der Waals surface area contributed by atoms with Gasteiger partial charge in [0, 0.05) is 21.6 Å². The number of thiophene rings is 1. The molecule has 0 fully saturated rings. The highest BCUT2D eigenvalue weighted by Gasteiger charge is 2.27. The molecule has 2 aromatic heterocycles. The van der Waals surface area contributed by atoms with Gasteiger partial charge in [0.05, 0.1) is 10.5 Å². The number of rotatable bonds is 7. The molecular formula is C22H15Cl2F2N5O2S. The maximum Gasteiger partial charge on any atom is 0.271 e. The van der Waals surface area contributed by atoms with Crippen molar-refractivity contribution in [3.63, 3.8) is 0 Å². The highest BCUT2D eigenvalue weighted by atomic mass is 35.5. The van der Waals surface area contributed by atoms with E-state index >= 15 is 0 Å². The van der Waals surface area contributed by atoms with E-state index in [4.69, 9.17) is 23.2 Å². The molecule has 3 N–H and O–H groups in total. The van der Waals surface area contributed by atoms with Crippen molar-refractivity contribution in [3.8, 4) is 0 Å². The number of halogens is 4. The molecule has 0 spiro atoms. The minimum absolute atomic E-state index is 0.0505. The van der Waals surface area contributed by atoms with Crippen molar-refractivity contribution in [3.05, 3.63) is 76.0 Å². The first-order valence-corrected chi connectivity index (χ1v) is 11.4. The van der Waals surface area contributed by atoms with E-state index in [2.05, 4.69) is 25.9 Å². The second kappa shape index (κ2) is 10.3. The number of aromatic nitrogens is 2. The van der Waals surface area contributed by atoms with Gasteiger partial charge in [-0.15, -0.1) is 11.3 Å². The molecule has 174 valence electrons. The lowest BCUT2D eigenvalue weighted by molar-refractivity contribution is -0.128. The molecule has 1 unspecified atom stereocenters. The quantitative estimate of drug-likeness (QED) is 0.277. The molecule has 34 heavy (non-hydrogen) atoms. The number of benzene rings is 2. The van der Waals surface area contributed by atoms with Crippen molar-refractivity contribution in [1.29, 1.82) is 0 Å². The van der Waals surface area contributed by atoms with E-state index in [-0.39, 0.29) is 5.02 Å². The summed E-state index contributed by atoms with van der Waals surface area (Å²) in [5.74, 6) is -1.87. The summed E-state index contributed by atoms with van der Waals surface area (Å²) in [5, 5.41) is 10.3. The first kappa shape index (κ1) is 23.8. The van der Waals surface area contributed by atoms with E-state index in [1.807, 2.05) is 0 Å². The molecule has 0 aliphatic rings. The summed E-state index contributed by atoms with van der Waals surface area (Å²) >= 11 is 12.3. The van der Waals surface area contributed by atoms with Crippen molar-refractivity contribution >= 4 is 74.4 Å². The SMILES string of the molecule is O=C(N[C@@H](C(=O)Nc1ccc2ncnc(Nc3ccc(F)c(Cl)c3)c2c1)c1cccs1)C(F)Cl. The fourth-order valence-corrected chi connectivity index (χ4v) is 4.10. The third-order valence-electron chi connectivity index (χ3n) is 4.66. The van der Waals surface area contributed by atoms with Crippen LogP contribution < -0.4 is 16.0 Å². The molecule has 0 bridgehead atoms. The van der Waals surface area contributed by atoms with Crippen LogP contribution in [-0.2, 0) is 9.59 Å². The Morgan fingerprint density at radius 1 is 1.03 bits per heavy atom. The molecule has 0 radical (unpaired) electrons. The summed E-state index contributed by atoms with van der Waals surface area (Å²) in [6.45, 7) is 0. The minimum Gasteiger partial charge on any atom is -0.340 e. The lowest BCUT2D eigenvalue weighted by Gasteiger charge is -2.18. The molecular weight excluding hydrogens is 507 g/mol. The van der Waals surface area contributed by atoms with Gasteiger partial charge in [0.25, 0.3) is 17.4 Å². The highest BCUT2D eigenvalue weighted by molar-refractivity contribution is 7.10. The summed E-state index contributed by atoms with van der Waals surface area (Å²) in [4.78, 5) is 33.7. The normalized spacial score (nSPS) is 12.7. The number of alkyl halides is 2. The predicted molar refractivity (Wildman–Crippen MR) is 129 cm³/mol. The molecule has 4 aromatic rings. The zero-order valence-electron chi connectivity index (χ0n) is 17.1. The van der Waals surface area contributed by atoms with Gasteiger partial charge in [0.1, 0.15) is 24.0 Å². The zero-order chi connectivity index (χ0) is 24.2. The number of fused-ring (bicyclic) bond motifs is 1. The van der Waals surface area contributed by atoms with Crippen LogP contribution in [0.25, 0.3) is 10.9 Å². The van der Waals surface area contributed by atoms with Gasteiger partial charge in [0.15, 0.2) is 0 Å². The van der Waals surface area contributed by atoms with Gasteiger partial charge in [-0.25, -0.2) is 18.7 Å². The Morgan fingerprint density at radius 3 is 2.53 bits per heavy atom. The Hall–Kier alpha value is -3.34. The van der Waals surface area contributed by atoms with Crippen molar-refractivity contribution in [1.82, 2.24) is 15.3 Å². The van der Waals surface area contributed by atoms with Crippen LogP contribution in [0, 0.1) is 5.82 Å². The lowest BCUT2D eigenvalue weighted by Crippen LogP contribution is -2.39. The number of nitrogens with one attached hydrogen (secondary N) is 3. The fraction of sp³-hybridized carbons (Fsp3) is 0.0909. The van der Waals surface area contributed by atoms with Crippen LogP contribution in [0.3, 0.4) is 0 Å². The van der Waals surface area contributed by atoms with E-state index in [0.717, 1.165) is 0 Å². The average Bonchev–Trinajstić information content (AvgIpc) is 3.34. The molecule has 0 saturated carbocycles. The minimum atomic E-state index is -2.29. The van der Waals surface area contributed by atoms with Gasteiger partial charge in [-0.2, -0.15) is 0 Å². The standard InChI is InChI=1S/C22H15Cl2F2N5O2S/c23-14-9-12(3-5-15(14)25)29-20-13-8-11(4-6-16(13)27-10-28-20)30-21(32)18(17-2-1-7-34-17)31-22(33)19(24)26/h1-10,18-19H,(H,30,32)(H,31,33)(H,27,28,29)/t18-,19?/m1/s1. The van der Waals surface area contributed by atoms with Gasteiger partial charge >= 0.3 is 0 Å². The molecule has 2 aromatic carbocycles. The molecule has 4 rings (SSSR count). The Labute approximate surface area is 206 Å². The molecule has 0 aliphatic carbocycles. The Morgan fingerprint density at radius 2 is 1.82 bits per heavy atom. The second-order valence-electron chi connectivity index (χ2n) is 6.96. The van der Waals surface area contributed by atoms with Gasteiger partial charge in [0.2, 0.25) is 0 Å². The fourth-order valence-electron chi connectivity index (χ4n) is 3.09. The summed E-state index contributed by atoms with van der Waals surface area (Å²) in [5.41, 5.74) is -0.829. The van der Waals surface area contributed by atoms with E-state index in [0.29, 0.717) is 33.0 Å². The second-order valence-corrected chi connectivity index (χ2v) is 8.72. The Kier molecular flexibility index (Phi) is 7.20. The van der Waals surface area contributed by atoms with Crippen LogP contribution in [0.2, 0.25) is 5.02 Å². The summed E-state index contributed by atoms with van der Waals surface area (Å²) < 4.78 is 26.7. The molecule has 2 amide bonds. The van der Waals surface area contributed by atoms with Crippen LogP contribution in [0.4, 0.5) is 26.0 Å².